The van der Waals surface area contributed by atoms with Crippen LogP contribution in [0.3, 0.4) is 0 Å². The smallest absolute Gasteiger partial charge is 0.324 e. The summed E-state index contributed by atoms with van der Waals surface area (Å²) < 4.78 is 5.07. The Labute approximate surface area is 99.4 Å². The Hall–Kier alpha value is -1.88. The van der Waals surface area contributed by atoms with E-state index in [1.807, 2.05) is 6.07 Å². The predicted octanol–water partition coefficient (Wildman–Crippen LogP) is 0.963. The third kappa shape index (κ3) is 3.57. The van der Waals surface area contributed by atoms with Crippen LogP contribution in [-0.2, 0) is 14.3 Å². The van der Waals surface area contributed by atoms with Crippen molar-refractivity contribution in [3.05, 3.63) is 35.9 Å². The second kappa shape index (κ2) is 6.00. The van der Waals surface area contributed by atoms with Gasteiger partial charge in [-0.15, -0.1) is 0 Å². The summed E-state index contributed by atoms with van der Waals surface area (Å²) in [5.41, 5.74) is 0.643. The van der Waals surface area contributed by atoms with Gasteiger partial charge in [-0.25, -0.2) is 0 Å². The van der Waals surface area contributed by atoms with Crippen LogP contribution >= 0.6 is 0 Å². The van der Waals surface area contributed by atoms with E-state index in [0.717, 1.165) is 0 Å². The maximum absolute atomic E-state index is 11.1. The molecule has 2 atom stereocenters. The first-order chi connectivity index (χ1) is 8.06. The summed E-state index contributed by atoms with van der Waals surface area (Å²) in [6.07, 6.45) is -0.837. The maximum Gasteiger partial charge on any atom is 0.324 e. The fraction of sp³-hybridized carbons (Fsp3) is 0.333. The van der Waals surface area contributed by atoms with Crippen LogP contribution in [0.15, 0.2) is 30.3 Å². The van der Waals surface area contributed by atoms with Crippen molar-refractivity contribution in [1.29, 1.82) is 0 Å². The molecule has 0 aliphatic rings. The van der Waals surface area contributed by atoms with E-state index in [1.54, 1.807) is 24.3 Å². The molecule has 0 aromatic heterocycles. The highest BCUT2D eigenvalue weighted by molar-refractivity contribution is 5.75. The van der Waals surface area contributed by atoms with Gasteiger partial charge in [0.25, 0.3) is 0 Å². The van der Waals surface area contributed by atoms with Gasteiger partial charge in [0.05, 0.1) is 0 Å². The standard InChI is InChI=1S/C12H15NO4/c1-8(14)17-11(10(13-2)12(15)16)9-6-4-3-5-7-9/h3-7,10-11,13H,1-2H3,(H,15,16). The number of esters is 1. The molecule has 1 aromatic rings. The molecule has 2 N–H and O–H groups in total. The van der Waals surface area contributed by atoms with E-state index in [0.29, 0.717) is 5.56 Å². The molecule has 5 heteroatoms. The Morgan fingerprint density at radius 2 is 1.88 bits per heavy atom. The van der Waals surface area contributed by atoms with Crippen LogP contribution in [0.5, 0.6) is 0 Å². The lowest BCUT2D eigenvalue weighted by atomic mass is 10.0. The van der Waals surface area contributed by atoms with Crippen LogP contribution in [0.2, 0.25) is 0 Å². The van der Waals surface area contributed by atoms with Crippen molar-refractivity contribution in [2.24, 2.45) is 0 Å². The number of aliphatic carboxylic acids is 1. The Morgan fingerprint density at radius 3 is 2.29 bits per heavy atom. The first-order valence-electron chi connectivity index (χ1n) is 5.18. The summed E-state index contributed by atoms with van der Waals surface area (Å²) in [4.78, 5) is 22.1. The number of benzene rings is 1. The first-order valence-corrected chi connectivity index (χ1v) is 5.18. The Bertz CT molecular complexity index is 391. The van der Waals surface area contributed by atoms with Gasteiger partial charge in [0.2, 0.25) is 0 Å². The van der Waals surface area contributed by atoms with Crippen molar-refractivity contribution in [2.75, 3.05) is 7.05 Å². The van der Waals surface area contributed by atoms with E-state index < -0.39 is 24.1 Å². The van der Waals surface area contributed by atoms with Crippen molar-refractivity contribution in [2.45, 2.75) is 19.1 Å². The Morgan fingerprint density at radius 1 is 1.29 bits per heavy atom. The molecular weight excluding hydrogens is 222 g/mol. The fourth-order valence-corrected chi connectivity index (χ4v) is 1.55. The summed E-state index contributed by atoms with van der Waals surface area (Å²) in [5.74, 6) is -1.58. The number of hydrogen-bond donors (Lipinski definition) is 2. The zero-order valence-corrected chi connectivity index (χ0v) is 9.71. The first kappa shape index (κ1) is 13.2. The lowest BCUT2D eigenvalue weighted by molar-refractivity contribution is -0.154. The molecule has 0 saturated carbocycles. The molecule has 0 aliphatic carbocycles. The molecule has 1 aromatic carbocycles. The fourth-order valence-electron chi connectivity index (χ4n) is 1.55. The summed E-state index contributed by atoms with van der Waals surface area (Å²) in [6, 6.07) is 7.81. The van der Waals surface area contributed by atoms with Gasteiger partial charge in [0, 0.05) is 6.92 Å². The number of ether oxygens (including phenoxy) is 1. The molecule has 17 heavy (non-hydrogen) atoms. The average molecular weight is 237 g/mol. The molecular formula is C12H15NO4. The molecule has 0 aliphatic heterocycles. The number of hydrogen-bond acceptors (Lipinski definition) is 4. The van der Waals surface area contributed by atoms with Gasteiger partial charge < -0.3 is 15.2 Å². The van der Waals surface area contributed by atoms with E-state index in [2.05, 4.69) is 5.32 Å². The summed E-state index contributed by atoms with van der Waals surface area (Å²) in [6.45, 7) is 1.25. The minimum absolute atomic E-state index is 0.514. The van der Waals surface area contributed by atoms with Crippen molar-refractivity contribution in [3.63, 3.8) is 0 Å². The monoisotopic (exact) mass is 237 g/mol. The van der Waals surface area contributed by atoms with Gasteiger partial charge in [-0.3, -0.25) is 9.59 Å². The van der Waals surface area contributed by atoms with Crippen molar-refractivity contribution < 1.29 is 19.4 Å². The molecule has 2 unspecified atom stereocenters. The van der Waals surface area contributed by atoms with Gasteiger partial charge >= 0.3 is 11.9 Å². The Kier molecular flexibility index (Phi) is 4.66. The predicted molar refractivity (Wildman–Crippen MR) is 61.4 cm³/mol. The van der Waals surface area contributed by atoms with Crippen molar-refractivity contribution >= 4 is 11.9 Å². The topological polar surface area (TPSA) is 75.6 Å². The molecule has 0 bridgehead atoms. The van der Waals surface area contributed by atoms with Gasteiger partial charge in [-0.1, -0.05) is 30.3 Å². The quantitative estimate of drug-likeness (QED) is 0.746. The van der Waals surface area contributed by atoms with Crippen LogP contribution in [0.1, 0.15) is 18.6 Å². The zero-order valence-electron chi connectivity index (χ0n) is 9.71. The lowest BCUT2D eigenvalue weighted by Gasteiger charge is -2.23. The van der Waals surface area contributed by atoms with Crippen molar-refractivity contribution in [1.82, 2.24) is 5.32 Å². The van der Waals surface area contributed by atoms with E-state index in [-0.39, 0.29) is 0 Å². The van der Waals surface area contributed by atoms with E-state index in [1.165, 1.54) is 14.0 Å². The van der Waals surface area contributed by atoms with Gasteiger partial charge in [0.1, 0.15) is 6.04 Å². The second-order valence-corrected chi connectivity index (χ2v) is 3.55. The second-order valence-electron chi connectivity index (χ2n) is 3.55. The molecule has 0 heterocycles. The average Bonchev–Trinajstić information content (AvgIpc) is 2.29. The van der Waals surface area contributed by atoms with Gasteiger partial charge in [0.15, 0.2) is 6.10 Å². The molecule has 5 nitrogen and oxygen atoms in total. The number of likely N-dealkylation sites (N-methyl/N-ethyl adjacent to an activating group) is 1. The van der Waals surface area contributed by atoms with Gasteiger partial charge in [-0.05, 0) is 12.6 Å². The molecule has 0 spiro atoms. The third-order valence-electron chi connectivity index (χ3n) is 2.30. The number of nitrogens with one attached hydrogen (secondary N) is 1. The molecule has 0 fully saturated rings. The highest BCUT2D eigenvalue weighted by Crippen LogP contribution is 2.21. The molecule has 0 amide bonds. The molecule has 1 rings (SSSR count). The highest BCUT2D eigenvalue weighted by atomic mass is 16.5. The lowest BCUT2D eigenvalue weighted by Crippen LogP contribution is -2.41. The molecule has 0 saturated heterocycles. The van der Waals surface area contributed by atoms with Crippen LogP contribution in [0.4, 0.5) is 0 Å². The minimum atomic E-state index is -1.07. The maximum atomic E-state index is 11.1. The van der Waals surface area contributed by atoms with Crippen molar-refractivity contribution in [3.8, 4) is 0 Å². The SMILES string of the molecule is CNC(C(=O)O)C(OC(C)=O)c1ccccc1. The number of carbonyl (C=O) groups excluding carboxylic acids is 1. The zero-order chi connectivity index (χ0) is 12.8. The third-order valence-corrected chi connectivity index (χ3v) is 2.30. The molecule has 0 radical (unpaired) electrons. The number of rotatable bonds is 5. The largest absolute Gasteiger partial charge is 0.480 e. The normalized spacial score (nSPS) is 13.8. The van der Waals surface area contributed by atoms with Crippen LogP contribution in [-0.4, -0.2) is 30.1 Å². The van der Waals surface area contributed by atoms with E-state index >= 15 is 0 Å². The summed E-state index contributed by atoms with van der Waals surface area (Å²) in [7, 11) is 1.51. The minimum Gasteiger partial charge on any atom is -0.480 e. The summed E-state index contributed by atoms with van der Waals surface area (Å²) >= 11 is 0. The number of carboxylic acids is 1. The van der Waals surface area contributed by atoms with Crippen LogP contribution in [0, 0.1) is 0 Å². The highest BCUT2D eigenvalue weighted by Gasteiger charge is 2.30. The van der Waals surface area contributed by atoms with Crippen LogP contribution < -0.4 is 5.32 Å². The van der Waals surface area contributed by atoms with Gasteiger partial charge in [-0.2, -0.15) is 0 Å². The number of carbonyl (C=O) groups is 2. The Balaban J connectivity index is 3.02. The molecule has 92 valence electrons. The van der Waals surface area contributed by atoms with E-state index in [4.69, 9.17) is 9.84 Å². The van der Waals surface area contributed by atoms with E-state index in [9.17, 15) is 9.59 Å². The summed E-state index contributed by atoms with van der Waals surface area (Å²) in [5, 5.41) is 11.7. The van der Waals surface area contributed by atoms with Crippen LogP contribution in [0.25, 0.3) is 0 Å². The number of carboxylic acid groups (broad SMARTS) is 1.